The molecule has 1 fully saturated rings. The topological polar surface area (TPSA) is 24.1 Å². The number of hydrogen-bond donors (Lipinski definition) is 2. The predicted octanol–water partition coefficient (Wildman–Crippen LogP) is 1.52. The molecule has 1 saturated heterocycles. The zero-order valence-electron chi connectivity index (χ0n) is 8.40. The Kier molecular flexibility index (Phi) is 4.62. The lowest BCUT2D eigenvalue weighted by atomic mass is 10.1. The molecule has 0 aliphatic carbocycles. The average molecular weight is 170 g/mol. The van der Waals surface area contributed by atoms with E-state index in [0.29, 0.717) is 6.04 Å². The van der Waals surface area contributed by atoms with Crippen molar-refractivity contribution < 1.29 is 0 Å². The number of unbranched alkanes of at least 4 members (excludes halogenated alkanes) is 2. The minimum absolute atomic E-state index is 0.712. The summed E-state index contributed by atoms with van der Waals surface area (Å²) < 4.78 is 0. The Labute approximate surface area is 76.1 Å². The van der Waals surface area contributed by atoms with Gasteiger partial charge in [-0.05, 0) is 13.3 Å². The van der Waals surface area contributed by atoms with Crippen molar-refractivity contribution in [3.8, 4) is 0 Å². The molecular formula is C10H22N2. The molecule has 1 aliphatic rings. The lowest BCUT2D eigenvalue weighted by Gasteiger charge is -2.31. The van der Waals surface area contributed by atoms with E-state index in [4.69, 9.17) is 0 Å². The molecule has 0 spiro atoms. The van der Waals surface area contributed by atoms with E-state index in [-0.39, 0.29) is 0 Å². The maximum Gasteiger partial charge on any atom is 0.0319 e. The van der Waals surface area contributed by atoms with Gasteiger partial charge in [-0.15, -0.1) is 0 Å². The van der Waals surface area contributed by atoms with E-state index >= 15 is 0 Å². The zero-order valence-corrected chi connectivity index (χ0v) is 8.40. The first-order valence-electron chi connectivity index (χ1n) is 5.29. The van der Waals surface area contributed by atoms with Crippen LogP contribution in [0, 0.1) is 0 Å². The van der Waals surface area contributed by atoms with Crippen LogP contribution in [0.2, 0.25) is 0 Å². The van der Waals surface area contributed by atoms with E-state index in [1.54, 1.807) is 0 Å². The zero-order chi connectivity index (χ0) is 8.81. The van der Waals surface area contributed by atoms with Crippen molar-refractivity contribution in [1.82, 2.24) is 10.6 Å². The largest absolute Gasteiger partial charge is 0.314 e. The standard InChI is InChI=1S/C10H22N2/c1-3-4-5-6-9(2)12-10-7-11-8-10/h9-12H,3-8H2,1-2H3. The lowest BCUT2D eigenvalue weighted by Crippen LogP contribution is -2.57. The quantitative estimate of drug-likeness (QED) is 0.591. The van der Waals surface area contributed by atoms with E-state index < -0.39 is 0 Å². The molecule has 72 valence electrons. The Morgan fingerprint density at radius 3 is 2.67 bits per heavy atom. The minimum Gasteiger partial charge on any atom is -0.314 e. The third-order valence-corrected chi connectivity index (χ3v) is 2.54. The molecule has 1 unspecified atom stereocenters. The Bertz CT molecular complexity index is 110. The fourth-order valence-electron chi connectivity index (χ4n) is 1.59. The second-order valence-corrected chi connectivity index (χ2v) is 3.92. The Balaban J connectivity index is 1.91. The van der Waals surface area contributed by atoms with Crippen molar-refractivity contribution in [2.24, 2.45) is 0 Å². The summed E-state index contributed by atoms with van der Waals surface area (Å²) >= 11 is 0. The molecule has 0 radical (unpaired) electrons. The van der Waals surface area contributed by atoms with Gasteiger partial charge in [0.2, 0.25) is 0 Å². The molecule has 2 nitrogen and oxygen atoms in total. The molecule has 0 amide bonds. The van der Waals surface area contributed by atoms with Crippen molar-refractivity contribution >= 4 is 0 Å². The van der Waals surface area contributed by atoms with Crippen LogP contribution in [0.25, 0.3) is 0 Å². The smallest absolute Gasteiger partial charge is 0.0319 e. The third-order valence-electron chi connectivity index (χ3n) is 2.54. The molecule has 2 heteroatoms. The van der Waals surface area contributed by atoms with Crippen LogP contribution in [-0.2, 0) is 0 Å². The molecule has 1 heterocycles. The van der Waals surface area contributed by atoms with Gasteiger partial charge in [-0.1, -0.05) is 26.2 Å². The van der Waals surface area contributed by atoms with Crippen molar-refractivity contribution in [3.05, 3.63) is 0 Å². The first-order valence-corrected chi connectivity index (χ1v) is 5.29. The Hall–Kier alpha value is -0.0800. The SMILES string of the molecule is CCCCCC(C)NC1CNC1. The van der Waals surface area contributed by atoms with Crippen molar-refractivity contribution in [2.45, 2.75) is 51.6 Å². The first-order chi connectivity index (χ1) is 5.83. The first kappa shape index (κ1) is 10.0. The van der Waals surface area contributed by atoms with Crippen LogP contribution in [0.1, 0.15) is 39.5 Å². The lowest BCUT2D eigenvalue weighted by molar-refractivity contribution is 0.324. The van der Waals surface area contributed by atoms with Crippen LogP contribution in [0.3, 0.4) is 0 Å². The molecule has 12 heavy (non-hydrogen) atoms. The molecule has 2 N–H and O–H groups in total. The molecule has 1 aliphatic heterocycles. The molecule has 1 rings (SSSR count). The summed E-state index contributed by atoms with van der Waals surface area (Å²) in [5.41, 5.74) is 0. The second kappa shape index (κ2) is 5.55. The minimum atomic E-state index is 0.712. The summed E-state index contributed by atoms with van der Waals surface area (Å²) in [4.78, 5) is 0. The van der Waals surface area contributed by atoms with Crippen LogP contribution < -0.4 is 10.6 Å². The Morgan fingerprint density at radius 1 is 1.42 bits per heavy atom. The third kappa shape index (κ3) is 3.55. The van der Waals surface area contributed by atoms with Crippen LogP contribution in [0.5, 0.6) is 0 Å². The van der Waals surface area contributed by atoms with Gasteiger partial charge in [0.15, 0.2) is 0 Å². The van der Waals surface area contributed by atoms with Gasteiger partial charge >= 0.3 is 0 Å². The molecule has 1 atom stereocenters. The average Bonchev–Trinajstić information content (AvgIpc) is 1.98. The molecule has 0 aromatic heterocycles. The Morgan fingerprint density at radius 2 is 2.17 bits per heavy atom. The van der Waals surface area contributed by atoms with E-state index in [2.05, 4.69) is 24.5 Å². The van der Waals surface area contributed by atoms with Crippen molar-refractivity contribution in [1.29, 1.82) is 0 Å². The van der Waals surface area contributed by atoms with E-state index in [1.807, 2.05) is 0 Å². The van der Waals surface area contributed by atoms with Gasteiger partial charge in [0.1, 0.15) is 0 Å². The van der Waals surface area contributed by atoms with E-state index in [1.165, 1.54) is 25.7 Å². The monoisotopic (exact) mass is 170 g/mol. The summed E-state index contributed by atoms with van der Waals surface area (Å²) in [6.07, 6.45) is 5.43. The summed E-state index contributed by atoms with van der Waals surface area (Å²) in [6, 6.07) is 1.46. The van der Waals surface area contributed by atoms with Gasteiger partial charge in [0.05, 0.1) is 0 Å². The number of hydrogen-bond acceptors (Lipinski definition) is 2. The highest BCUT2D eigenvalue weighted by molar-refractivity contribution is 4.83. The number of nitrogens with one attached hydrogen (secondary N) is 2. The van der Waals surface area contributed by atoms with Gasteiger partial charge in [-0.3, -0.25) is 0 Å². The highest BCUT2D eigenvalue weighted by Gasteiger charge is 2.17. The van der Waals surface area contributed by atoms with Crippen LogP contribution in [0.4, 0.5) is 0 Å². The fraction of sp³-hybridized carbons (Fsp3) is 1.00. The van der Waals surface area contributed by atoms with Crippen molar-refractivity contribution in [3.63, 3.8) is 0 Å². The maximum atomic E-state index is 3.61. The van der Waals surface area contributed by atoms with Gasteiger partial charge in [-0.25, -0.2) is 0 Å². The van der Waals surface area contributed by atoms with Crippen LogP contribution >= 0.6 is 0 Å². The predicted molar refractivity (Wildman–Crippen MR) is 53.4 cm³/mol. The van der Waals surface area contributed by atoms with Gasteiger partial charge in [-0.2, -0.15) is 0 Å². The van der Waals surface area contributed by atoms with Gasteiger partial charge < -0.3 is 10.6 Å². The summed E-state index contributed by atoms with van der Waals surface area (Å²) in [6.45, 7) is 6.89. The fourth-order valence-corrected chi connectivity index (χ4v) is 1.59. The summed E-state index contributed by atoms with van der Waals surface area (Å²) in [7, 11) is 0. The van der Waals surface area contributed by atoms with Gasteiger partial charge in [0.25, 0.3) is 0 Å². The summed E-state index contributed by atoms with van der Waals surface area (Å²) in [5.74, 6) is 0. The molecule has 0 bridgehead atoms. The molecule has 0 aromatic carbocycles. The van der Waals surface area contributed by atoms with Crippen LogP contribution in [-0.4, -0.2) is 25.2 Å². The van der Waals surface area contributed by atoms with Crippen LogP contribution in [0.15, 0.2) is 0 Å². The highest BCUT2D eigenvalue weighted by Crippen LogP contribution is 2.04. The molecule has 0 saturated carbocycles. The second-order valence-electron chi connectivity index (χ2n) is 3.92. The molecule has 0 aromatic rings. The van der Waals surface area contributed by atoms with E-state index in [9.17, 15) is 0 Å². The normalized spacial score (nSPS) is 20.5. The maximum absolute atomic E-state index is 3.61. The van der Waals surface area contributed by atoms with E-state index in [0.717, 1.165) is 19.1 Å². The molecular weight excluding hydrogens is 148 g/mol. The summed E-state index contributed by atoms with van der Waals surface area (Å²) in [5, 5.41) is 6.88. The number of rotatable bonds is 6. The van der Waals surface area contributed by atoms with Crippen molar-refractivity contribution in [2.75, 3.05) is 13.1 Å². The van der Waals surface area contributed by atoms with Gasteiger partial charge in [0, 0.05) is 25.2 Å². The highest BCUT2D eigenvalue weighted by atomic mass is 15.1.